The molecule has 0 N–H and O–H groups in total. The average molecular weight is 251 g/mol. The van der Waals surface area contributed by atoms with Gasteiger partial charge in [-0.2, -0.15) is 5.26 Å². The van der Waals surface area contributed by atoms with Gasteiger partial charge in [-0.1, -0.05) is 29.8 Å². The Morgan fingerprint density at radius 1 is 1.35 bits per heavy atom. The Balaban J connectivity index is 2.49. The van der Waals surface area contributed by atoms with Crippen molar-refractivity contribution in [2.75, 3.05) is 13.6 Å². The van der Waals surface area contributed by atoms with Gasteiger partial charge in [-0.15, -0.1) is 0 Å². The summed E-state index contributed by atoms with van der Waals surface area (Å²) >= 11 is 6.11. The average Bonchev–Trinajstić information content (AvgIpc) is 2.30. The van der Waals surface area contributed by atoms with Gasteiger partial charge in [-0.25, -0.2) is 0 Å². The monoisotopic (exact) mass is 250 g/mol. The topological polar surface area (TPSA) is 27.0 Å². The lowest BCUT2D eigenvalue weighted by Crippen LogP contribution is -2.24. The second-order valence-electron chi connectivity index (χ2n) is 5.07. The van der Waals surface area contributed by atoms with Gasteiger partial charge < -0.3 is 4.90 Å². The van der Waals surface area contributed by atoms with Crippen molar-refractivity contribution in [1.29, 1.82) is 5.26 Å². The van der Waals surface area contributed by atoms with Gasteiger partial charge >= 0.3 is 0 Å². The molecule has 17 heavy (non-hydrogen) atoms. The summed E-state index contributed by atoms with van der Waals surface area (Å²) in [7, 11) is 2.05. The number of nitrogens with zero attached hydrogens (tertiary/aromatic N) is 2. The van der Waals surface area contributed by atoms with E-state index in [4.69, 9.17) is 16.9 Å². The fraction of sp³-hybridized carbons (Fsp3) is 0.500. The molecule has 1 aromatic carbocycles. The maximum atomic E-state index is 8.95. The first-order valence-corrected chi connectivity index (χ1v) is 6.15. The fourth-order valence-corrected chi connectivity index (χ4v) is 1.72. The van der Waals surface area contributed by atoms with Crippen LogP contribution in [-0.2, 0) is 6.54 Å². The Hall–Kier alpha value is -1.04. The van der Waals surface area contributed by atoms with Gasteiger partial charge in [0.05, 0.1) is 11.5 Å². The maximum Gasteiger partial charge on any atom is 0.0684 e. The van der Waals surface area contributed by atoms with Crippen LogP contribution in [0.5, 0.6) is 0 Å². The van der Waals surface area contributed by atoms with Crippen LogP contribution in [0.2, 0.25) is 5.02 Å². The molecular weight excluding hydrogens is 232 g/mol. The zero-order valence-electron chi connectivity index (χ0n) is 10.7. The van der Waals surface area contributed by atoms with Gasteiger partial charge in [0.15, 0.2) is 0 Å². The molecule has 1 aromatic rings. The molecule has 2 nitrogen and oxygen atoms in total. The van der Waals surface area contributed by atoms with E-state index in [0.717, 1.165) is 30.1 Å². The molecular formula is C14H19ClN2. The summed E-state index contributed by atoms with van der Waals surface area (Å²) in [6.07, 6.45) is 0.866. The largest absolute Gasteiger partial charge is 0.302 e. The van der Waals surface area contributed by atoms with Crippen LogP contribution in [0.15, 0.2) is 24.3 Å². The highest BCUT2D eigenvalue weighted by Crippen LogP contribution is 2.20. The smallest absolute Gasteiger partial charge is 0.0684 e. The van der Waals surface area contributed by atoms with Crippen molar-refractivity contribution in [2.24, 2.45) is 5.41 Å². The van der Waals surface area contributed by atoms with E-state index in [1.807, 2.05) is 38.1 Å². The van der Waals surface area contributed by atoms with E-state index in [0.29, 0.717) is 0 Å². The highest BCUT2D eigenvalue weighted by atomic mass is 35.5. The lowest BCUT2D eigenvalue weighted by Gasteiger charge is -2.22. The third-order valence-corrected chi connectivity index (χ3v) is 3.19. The summed E-state index contributed by atoms with van der Waals surface area (Å²) in [6, 6.07) is 10.2. The van der Waals surface area contributed by atoms with E-state index in [-0.39, 0.29) is 5.41 Å². The molecule has 0 saturated heterocycles. The number of hydrogen-bond donors (Lipinski definition) is 0. The van der Waals surface area contributed by atoms with Crippen molar-refractivity contribution in [3.63, 3.8) is 0 Å². The van der Waals surface area contributed by atoms with E-state index in [1.165, 1.54) is 0 Å². The summed E-state index contributed by atoms with van der Waals surface area (Å²) in [6.45, 7) is 5.65. The van der Waals surface area contributed by atoms with Gasteiger partial charge in [0.1, 0.15) is 0 Å². The second-order valence-corrected chi connectivity index (χ2v) is 5.48. The van der Waals surface area contributed by atoms with E-state index >= 15 is 0 Å². The number of halogens is 1. The van der Waals surface area contributed by atoms with Crippen LogP contribution in [0.25, 0.3) is 0 Å². The lowest BCUT2D eigenvalue weighted by molar-refractivity contribution is 0.280. The first-order chi connectivity index (χ1) is 7.94. The van der Waals surface area contributed by atoms with Crippen LogP contribution in [0, 0.1) is 16.7 Å². The Bertz CT molecular complexity index is 407. The van der Waals surface area contributed by atoms with Crippen LogP contribution in [0.1, 0.15) is 25.8 Å². The number of rotatable bonds is 5. The Morgan fingerprint density at radius 3 is 2.59 bits per heavy atom. The minimum Gasteiger partial charge on any atom is -0.302 e. The van der Waals surface area contributed by atoms with Gasteiger partial charge in [0.25, 0.3) is 0 Å². The normalized spacial score (nSPS) is 11.5. The van der Waals surface area contributed by atoms with Gasteiger partial charge in [0.2, 0.25) is 0 Å². The molecule has 0 saturated carbocycles. The molecule has 1 rings (SSSR count). The SMILES string of the molecule is CN(CCC(C)(C)C#N)Cc1ccccc1Cl. The third kappa shape index (κ3) is 4.77. The third-order valence-electron chi connectivity index (χ3n) is 2.82. The van der Waals surface area contributed by atoms with E-state index in [9.17, 15) is 0 Å². The summed E-state index contributed by atoms with van der Waals surface area (Å²) in [4.78, 5) is 2.19. The van der Waals surface area contributed by atoms with Crippen LogP contribution >= 0.6 is 11.6 Å². The molecule has 0 amide bonds. The van der Waals surface area contributed by atoms with E-state index < -0.39 is 0 Å². The van der Waals surface area contributed by atoms with Crippen LogP contribution in [0.4, 0.5) is 0 Å². The fourth-order valence-electron chi connectivity index (χ4n) is 1.52. The zero-order valence-corrected chi connectivity index (χ0v) is 11.5. The molecule has 0 aliphatic rings. The molecule has 0 fully saturated rings. The van der Waals surface area contributed by atoms with Crippen molar-refractivity contribution < 1.29 is 0 Å². The van der Waals surface area contributed by atoms with Crippen LogP contribution in [-0.4, -0.2) is 18.5 Å². The first kappa shape index (κ1) is 14.0. The summed E-state index contributed by atoms with van der Waals surface area (Å²) in [5.74, 6) is 0. The van der Waals surface area contributed by atoms with Gasteiger partial charge in [0, 0.05) is 11.6 Å². The molecule has 0 aliphatic heterocycles. The predicted molar refractivity (Wildman–Crippen MR) is 71.8 cm³/mol. The van der Waals surface area contributed by atoms with Gasteiger partial charge in [-0.05, 0) is 45.5 Å². The summed E-state index contributed by atoms with van der Waals surface area (Å²) < 4.78 is 0. The van der Waals surface area contributed by atoms with Crippen LogP contribution < -0.4 is 0 Å². The molecule has 0 bridgehead atoms. The molecule has 0 unspecified atom stereocenters. The minimum absolute atomic E-state index is 0.255. The molecule has 0 aromatic heterocycles. The minimum atomic E-state index is -0.255. The van der Waals surface area contributed by atoms with Crippen molar-refractivity contribution in [2.45, 2.75) is 26.8 Å². The predicted octanol–water partition coefficient (Wildman–Crippen LogP) is 3.71. The highest BCUT2D eigenvalue weighted by Gasteiger charge is 2.17. The maximum absolute atomic E-state index is 8.95. The number of hydrogen-bond acceptors (Lipinski definition) is 2. The molecule has 0 spiro atoms. The molecule has 92 valence electrons. The van der Waals surface area contributed by atoms with E-state index in [1.54, 1.807) is 0 Å². The Labute approximate surface area is 109 Å². The number of benzene rings is 1. The summed E-state index contributed by atoms with van der Waals surface area (Å²) in [5, 5.41) is 9.76. The molecule has 0 radical (unpaired) electrons. The first-order valence-electron chi connectivity index (χ1n) is 5.78. The molecule has 0 atom stereocenters. The zero-order chi connectivity index (χ0) is 12.9. The quantitative estimate of drug-likeness (QED) is 0.797. The lowest BCUT2D eigenvalue weighted by atomic mass is 9.91. The molecule has 0 aliphatic carbocycles. The Kier molecular flexibility index (Phi) is 4.99. The van der Waals surface area contributed by atoms with E-state index in [2.05, 4.69) is 18.0 Å². The standard InChI is InChI=1S/C14H19ClN2/c1-14(2,11-16)8-9-17(3)10-12-6-4-5-7-13(12)15/h4-7H,8-10H2,1-3H3. The van der Waals surface area contributed by atoms with Gasteiger partial charge in [-0.3, -0.25) is 0 Å². The Morgan fingerprint density at radius 2 is 2.00 bits per heavy atom. The summed E-state index contributed by atoms with van der Waals surface area (Å²) in [5.41, 5.74) is 0.876. The molecule has 3 heteroatoms. The highest BCUT2D eigenvalue weighted by molar-refractivity contribution is 6.31. The van der Waals surface area contributed by atoms with Crippen molar-refractivity contribution >= 4 is 11.6 Å². The van der Waals surface area contributed by atoms with Crippen molar-refractivity contribution in [3.05, 3.63) is 34.9 Å². The van der Waals surface area contributed by atoms with Crippen LogP contribution in [0.3, 0.4) is 0 Å². The van der Waals surface area contributed by atoms with Crippen molar-refractivity contribution in [1.82, 2.24) is 4.90 Å². The second kappa shape index (κ2) is 6.05. The van der Waals surface area contributed by atoms with Crippen molar-refractivity contribution in [3.8, 4) is 6.07 Å². The number of nitriles is 1. The molecule has 0 heterocycles.